The molecule has 2 atom stereocenters. The standard InChI is InChI=1S/C10H12BrN3O3/c11-6-2-13-9(12)1-5(6)10(17)14-3-7(15)8(16)4-14/h1-2,7-8,15-16H,3-4H2,(H2,12,13)/t7-,8+. The summed E-state index contributed by atoms with van der Waals surface area (Å²) in [5.41, 5.74) is 5.89. The van der Waals surface area contributed by atoms with Gasteiger partial charge in [-0.05, 0) is 22.0 Å². The molecule has 0 saturated carbocycles. The maximum atomic E-state index is 12.1. The Bertz CT molecular complexity index is 444. The molecule has 17 heavy (non-hydrogen) atoms. The van der Waals surface area contributed by atoms with Gasteiger partial charge in [-0.15, -0.1) is 0 Å². The summed E-state index contributed by atoms with van der Waals surface area (Å²) >= 11 is 3.22. The predicted molar refractivity (Wildman–Crippen MR) is 64.3 cm³/mol. The van der Waals surface area contributed by atoms with Crippen molar-refractivity contribution in [3.05, 3.63) is 22.3 Å². The van der Waals surface area contributed by atoms with E-state index in [1.807, 2.05) is 0 Å². The molecule has 1 aromatic rings. The molecule has 1 fully saturated rings. The van der Waals surface area contributed by atoms with Crippen LogP contribution in [0.5, 0.6) is 0 Å². The van der Waals surface area contributed by atoms with Crippen LogP contribution in [0, 0.1) is 0 Å². The Balaban J connectivity index is 2.23. The molecule has 1 aliphatic heterocycles. The third-order valence-electron chi connectivity index (χ3n) is 2.65. The number of hydrogen-bond donors (Lipinski definition) is 3. The van der Waals surface area contributed by atoms with Crippen LogP contribution in [0.2, 0.25) is 0 Å². The van der Waals surface area contributed by atoms with Crippen molar-refractivity contribution in [3.63, 3.8) is 0 Å². The van der Waals surface area contributed by atoms with Crippen LogP contribution in [0.3, 0.4) is 0 Å². The number of aliphatic hydroxyl groups is 2. The molecule has 92 valence electrons. The van der Waals surface area contributed by atoms with Crippen molar-refractivity contribution in [1.29, 1.82) is 0 Å². The van der Waals surface area contributed by atoms with E-state index in [0.29, 0.717) is 10.0 Å². The lowest BCUT2D eigenvalue weighted by Crippen LogP contribution is -2.30. The Kier molecular flexibility index (Phi) is 3.32. The van der Waals surface area contributed by atoms with Crippen molar-refractivity contribution < 1.29 is 15.0 Å². The fraction of sp³-hybridized carbons (Fsp3) is 0.400. The van der Waals surface area contributed by atoms with Crippen molar-refractivity contribution in [1.82, 2.24) is 9.88 Å². The molecule has 7 heteroatoms. The Labute approximate surface area is 106 Å². The summed E-state index contributed by atoms with van der Waals surface area (Å²) in [6, 6.07) is 1.46. The molecule has 4 N–H and O–H groups in total. The van der Waals surface area contributed by atoms with Crippen LogP contribution in [0.4, 0.5) is 5.82 Å². The Morgan fingerprint density at radius 1 is 1.47 bits per heavy atom. The number of nitrogens with two attached hydrogens (primary N) is 1. The Hall–Kier alpha value is -1.18. The highest BCUT2D eigenvalue weighted by Gasteiger charge is 2.33. The molecule has 0 spiro atoms. The van der Waals surface area contributed by atoms with Gasteiger partial charge < -0.3 is 20.8 Å². The average molecular weight is 302 g/mol. The quantitative estimate of drug-likeness (QED) is 0.656. The summed E-state index contributed by atoms with van der Waals surface area (Å²) in [7, 11) is 0. The SMILES string of the molecule is Nc1cc(C(=O)N2C[C@@H](O)[C@@H](O)C2)c(Br)cn1. The smallest absolute Gasteiger partial charge is 0.255 e. The molecule has 0 unspecified atom stereocenters. The van der Waals surface area contributed by atoms with E-state index < -0.39 is 12.2 Å². The van der Waals surface area contributed by atoms with E-state index in [-0.39, 0.29) is 24.8 Å². The normalized spacial score (nSPS) is 24.1. The van der Waals surface area contributed by atoms with Gasteiger partial charge in [-0.2, -0.15) is 0 Å². The van der Waals surface area contributed by atoms with Crippen molar-refractivity contribution in [2.45, 2.75) is 12.2 Å². The number of β-amino-alcohol motifs (C(OH)–C–C–N with tert-alkyl or cyclic N) is 2. The maximum Gasteiger partial charge on any atom is 0.255 e. The van der Waals surface area contributed by atoms with Gasteiger partial charge in [-0.25, -0.2) is 4.98 Å². The number of rotatable bonds is 1. The van der Waals surface area contributed by atoms with E-state index in [0.717, 1.165) is 0 Å². The van der Waals surface area contributed by atoms with Gasteiger partial charge in [0, 0.05) is 23.8 Å². The number of aromatic nitrogens is 1. The minimum absolute atomic E-state index is 0.120. The summed E-state index contributed by atoms with van der Waals surface area (Å²) in [6.45, 7) is 0.239. The van der Waals surface area contributed by atoms with Gasteiger partial charge in [0.05, 0.1) is 17.8 Å². The van der Waals surface area contributed by atoms with Crippen LogP contribution in [-0.2, 0) is 0 Å². The van der Waals surface area contributed by atoms with Crippen LogP contribution in [-0.4, -0.2) is 51.3 Å². The molecule has 0 bridgehead atoms. The number of carbonyl (C=O) groups excluding carboxylic acids is 1. The number of pyridine rings is 1. The van der Waals surface area contributed by atoms with Gasteiger partial charge in [0.15, 0.2) is 0 Å². The second kappa shape index (κ2) is 4.59. The van der Waals surface area contributed by atoms with E-state index in [9.17, 15) is 15.0 Å². The molecule has 1 amide bonds. The summed E-state index contributed by atoms with van der Waals surface area (Å²) in [5.74, 6) is -0.0431. The number of amides is 1. The minimum Gasteiger partial charge on any atom is -0.388 e. The summed E-state index contributed by atoms with van der Waals surface area (Å²) in [5, 5.41) is 18.8. The van der Waals surface area contributed by atoms with E-state index >= 15 is 0 Å². The average Bonchev–Trinajstić information content (AvgIpc) is 2.62. The highest BCUT2D eigenvalue weighted by Crippen LogP contribution is 2.21. The fourth-order valence-corrected chi connectivity index (χ4v) is 2.11. The fourth-order valence-electron chi connectivity index (χ4n) is 1.72. The molecule has 0 aromatic carbocycles. The number of aliphatic hydroxyl groups excluding tert-OH is 2. The van der Waals surface area contributed by atoms with Crippen molar-refractivity contribution >= 4 is 27.7 Å². The minimum atomic E-state index is -0.892. The number of halogens is 1. The molecule has 1 aromatic heterocycles. The van der Waals surface area contributed by atoms with Crippen molar-refractivity contribution in [2.75, 3.05) is 18.8 Å². The summed E-state index contributed by atoms with van der Waals surface area (Å²) in [6.07, 6.45) is -0.334. The van der Waals surface area contributed by atoms with Crippen LogP contribution in [0.25, 0.3) is 0 Å². The zero-order chi connectivity index (χ0) is 12.6. The van der Waals surface area contributed by atoms with E-state index in [1.54, 1.807) is 0 Å². The lowest BCUT2D eigenvalue weighted by Gasteiger charge is -2.16. The third kappa shape index (κ3) is 2.41. The van der Waals surface area contributed by atoms with Crippen LogP contribution < -0.4 is 5.73 Å². The number of nitrogens with zero attached hydrogens (tertiary/aromatic N) is 2. The molecule has 0 radical (unpaired) electrons. The molecule has 1 saturated heterocycles. The van der Waals surface area contributed by atoms with E-state index in [4.69, 9.17) is 5.73 Å². The van der Waals surface area contributed by atoms with Gasteiger partial charge >= 0.3 is 0 Å². The highest BCUT2D eigenvalue weighted by atomic mass is 79.9. The van der Waals surface area contributed by atoms with Crippen LogP contribution >= 0.6 is 15.9 Å². The zero-order valence-corrected chi connectivity index (χ0v) is 10.5. The largest absolute Gasteiger partial charge is 0.388 e. The molecular formula is C10H12BrN3O3. The lowest BCUT2D eigenvalue weighted by molar-refractivity contribution is 0.0572. The first-order valence-electron chi connectivity index (χ1n) is 5.05. The molecule has 2 heterocycles. The third-order valence-corrected chi connectivity index (χ3v) is 3.29. The van der Waals surface area contributed by atoms with Crippen molar-refractivity contribution in [3.8, 4) is 0 Å². The second-order valence-corrected chi connectivity index (χ2v) is 4.79. The molecule has 2 rings (SSSR count). The van der Waals surface area contributed by atoms with E-state index in [2.05, 4.69) is 20.9 Å². The molecule has 1 aliphatic rings. The first kappa shape index (κ1) is 12.3. The Morgan fingerprint density at radius 3 is 2.65 bits per heavy atom. The van der Waals surface area contributed by atoms with Gasteiger partial charge in [0.2, 0.25) is 0 Å². The predicted octanol–water partition coefficient (Wildman–Crippen LogP) is -0.396. The van der Waals surface area contributed by atoms with E-state index in [1.165, 1.54) is 17.2 Å². The number of carbonyl (C=O) groups is 1. The Morgan fingerprint density at radius 2 is 2.06 bits per heavy atom. The molecule has 6 nitrogen and oxygen atoms in total. The highest BCUT2D eigenvalue weighted by molar-refractivity contribution is 9.10. The van der Waals surface area contributed by atoms with Gasteiger partial charge in [-0.1, -0.05) is 0 Å². The second-order valence-electron chi connectivity index (χ2n) is 3.93. The van der Waals surface area contributed by atoms with Gasteiger partial charge in [0.25, 0.3) is 5.91 Å². The topological polar surface area (TPSA) is 99.7 Å². The first-order chi connectivity index (χ1) is 7.99. The molecular weight excluding hydrogens is 290 g/mol. The van der Waals surface area contributed by atoms with Crippen LogP contribution in [0.15, 0.2) is 16.7 Å². The summed E-state index contributed by atoms with van der Waals surface area (Å²) < 4.78 is 0.535. The number of likely N-dealkylation sites (tertiary alicyclic amines) is 1. The summed E-state index contributed by atoms with van der Waals surface area (Å²) in [4.78, 5) is 17.3. The van der Waals surface area contributed by atoms with Gasteiger partial charge in [0.1, 0.15) is 5.82 Å². The lowest BCUT2D eigenvalue weighted by atomic mass is 10.2. The molecule has 0 aliphatic carbocycles. The first-order valence-corrected chi connectivity index (χ1v) is 5.84. The monoisotopic (exact) mass is 301 g/mol. The number of nitrogen functional groups attached to an aromatic ring is 1. The van der Waals surface area contributed by atoms with Crippen molar-refractivity contribution in [2.24, 2.45) is 0 Å². The van der Waals surface area contributed by atoms with Crippen LogP contribution in [0.1, 0.15) is 10.4 Å². The maximum absolute atomic E-state index is 12.1. The number of hydrogen-bond acceptors (Lipinski definition) is 5. The zero-order valence-electron chi connectivity index (χ0n) is 8.88. The number of anilines is 1. The van der Waals surface area contributed by atoms with Gasteiger partial charge in [-0.3, -0.25) is 4.79 Å².